The van der Waals surface area contributed by atoms with Gasteiger partial charge in [-0.2, -0.15) is 0 Å². The van der Waals surface area contributed by atoms with Crippen molar-refractivity contribution >= 4 is 27.5 Å². The number of benzene rings is 1. The molecule has 106 valence electrons. The van der Waals surface area contributed by atoms with Crippen molar-refractivity contribution in [1.82, 2.24) is 5.32 Å². The first-order chi connectivity index (χ1) is 8.90. The van der Waals surface area contributed by atoms with Crippen molar-refractivity contribution in [1.29, 1.82) is 0 Å². The fourth-order valence-corrected chi connectivity index (χ4v) is 2.46. The average Bonchev–Trinajstić information content (AvgIpc) is 2.26. The lowest BCUT2D eigenvalue weighted by molar-refractivity contribution is 0.351. The van der Waals surface area contributed by atoms with E-state index in [0.29, 0.717) is 17.6 Å². The number of rotatable bonds is 7. The molecule has 0 amide bonds. The van der Waals surface area contributed by atoms with E-state index >= 15 is 0 Å². The first kappa shape index (κ1) is 16.5. The van der Waals surface area contributed by atoms with Gasteiger partial charge >= 0.3 is 0 Å². The van der Waals surface area contributed by atoms with Crippen LogP contribution in [0.3, 0.4) is 0 Å². The van der Waals surface area contributed by atoms with E-state index in [1.165, 1.54) is 0 Å². The minimum Gasteiger partial charge on any atom is -0.487 e. The molecule has 2 nitrogen and oxygen atoms in total. The molecule has 0 aliphatic heterocycles. The van der Waals surface area contributed by atoms with Crippen LogP contribution in [0.1, 0.15) is 25.0 Å². The van der Waals surface area contributed by atoms with Gasteiger partial charge in [0.2, 0.25) is 0 Å². The van der Waals surface area contributed by atoms with Crippen molar-refractivity contribution in [3.63, 3.8) is 0 Å². The Balaban J connectivity index is 2.83. The number of nitrogens with one attached hydrogen (secondary N) is 1. The van der Waals surface area contributed by atoms with Gasteiger partial charge in [0.25, 0.3) is 0 Å². The van der Waals surface area contributed by atoms with Crippen molar-refractivity contribution in [3.8, 4) is 5.75 Å². The van der Waals surface area contributed by atoms with Crippen LogP contribution in [-0.2, 0) is 6.54 Å². The fourth-order valence-electron chi connectivity index (χ4n) is 1.78. The van der Waals surface area contributed by atoms with Crippen molar-refractivity contribution < 1.29 is 4.74 Å². The van der Waals surface area contributed by atoms with Crippen LogP contribution in [0.15, 0.2) is 28.2 Å². The van der Waals surface area contributed by atoms with E-state index in [2.05, 4.69) is 47.7 Å². The van der Waals surface area contributed by atoms with Crippen molar-refractivity contribution in [2.24, 2.45) is 5.92 Å². The van der Waals surface area contributed by atoms with Crippen molar-refractivity contribution in [2.75, 3.05) is 13.2 Å². The Hall–Kier alpha value is -0.510. The molecule has 0 radical (unpaired) electrons. The van der Waals surface area contributed by atoms with Gasteiger partial charge in [0.15, 0.2) is 0 Å². The lowest BCUT2D eigenvalue weighted by Crippen LogP contribution is -2.19. The molecular weight excluding hydrogens is 326 g/mol. The molecule has 0 atom stereocenters. The van der Waals surface area contributed by atoms with Crippen LogP contribution in [-0.4, -0.2) is 13.2 Å². The summed E-state index contributed by atoms with van der Waals surface area (Å²) < 4.78 is 6.81. The van der Waals surface area contributed by atoms with Gasteiger partial charge < -0.3 is 10.1 Å². The lowest BCUT2D eigenvalue weighted by Gasteiger charge is -2.16. The maximum absolute atomic E-state index is 5.77. The van der Waals surface area contributed by atoms with Gasteiger partial charge in [-0.3, -0.25) is 0 Å². The third-order valence-corrected chi connectivity index (χ3v) is 3.12. The molecule has 1 aromatic carbocycles. The van der Waals surface area contributed by atoms with Gasteiger partial charge in [-0.25, -0.2) is 0 Å². The second-order valence-corrected chi connectivity index (χ2v) is 6.49. The normalized spacial score (nSPS) is 10.8. The topological polar surface area (TPSA) is 21.3 Å². The molecule has 19 heavy (non-hydrogen) atoms. The average molecular weight is 347 g/mol. The summed E-state index contributed by atoms with van der Waals surface area (Å²) in [5, 5.41) is 3.93. The molecule has 0 saturated heterocycles. The Morgan fingerprint density at radius 2 is 2.16 bits per heavy atom. The van der Waals surface area contributed by atoms with Crippen LogP contribution in [0.4, 0.5) is 0 Å². The molecule has 0 heterocycles. The number of ether oxygens (including phenoxy) is 1. The van der Waals surface area contributed by atoms with Gasteiger partial charge in [0, 0.05) is 21.6 Å². The Bertz CT molecular complexity index is 446. The molecule has 0 saturated carbocycles. The predicted octanol–water partition coefficient (Wildman–Crippen LogP) is 4.63. The first-order valence-electron chi connectivity index (χ1n) is 6.36. The van der Waals surface area contributed by atoms with E-state index in [9.17, 15) is 0 Å². The molecule has 0 aromatic heterocycles. The monoisotopic (exact) mass is 345 g/mol. The highest BCUT2D eigenvalue weighted by Gasteiger charge is 2.09. The quantitative estimate of drug-likeness (QED) is 0.777. The molecule has 0 bridgehead atoms. The van der Waals surface area contributed by atoms with Gasteiger partial charge in [-0.15, -0.1) is 0 Å². The van der Waals surface area contributed by atoms with E-state index in [4.69, 9.17) is 16.3 Å². The molecule has 0 unspecified atom stereocenters. The highest BCUT2D eigenvalue weighted by atomic mass is 79.9. The zero-order chi connectivity index (χ0) is 14.4. The summed E-state index contributed by atoms with van der Waals surface area (Å²) in [7, 11) is 0. The summed E-state index contributed by atoms with van der Waals surface area (Å²) in [6.45, 7) is 12.2. The SMILES string of the molecule is C=C(Cl)COc1c(C)cc(Br)cc1CNCC(C)C. The Morgan fingerprint density at radius 3 is 2.74 bits per heavy atom. The number of aryl methyl sites for hydroxylation is 1. The van der Waals surface area contributed by atoms with E-state index in [0.717, 1.165) is 34.4 Å². The Labute approximate surface area is 129 Å². The summed E-state index contributed by atoms with van der Waals surface area (Å²) in [4.78, 5) is 0. The minimum absolute atomic E-state index is 0.335. The summed E-state index contributed by atoms with van der Waals surface area (Å²) in [5.74, 6) is 1.52. The molecule has 4 heteroatoms. The van der Waals surface area contributed by atoms with Crippen LogP contribution in [0.5, 0.6) is 5.75 Å². The summed E-state index contributed by atoms with van der Waals surface area (Å²) in [6, 6.07) is 4.12. The fraction of sp³-hybridized carbons (Fsp3) is 0.467. The summed E-state index contributed by atoms with van der Waals surface area (Å²) >= 11 is 9.29. The largest absolute Gasteiger partial charge is 0.487 e. The van der Waals surface area contributed by atoms with Crippen LogP contribution in [0.2, 0.25) is 0 Å². The standard InChI is InChI=1S/C15H21BrClNO/c1-10(2)7-18-8-13-6-14(16)5-11(3)15(13)19-9-12(4)17/h5-6,10,18H,4,7-9H2,1-3H3. The van der Waals surface area contributed by atoms with Crippen LogP contribution < -0.4 is 10.1 Å². The summed E-state index contributed by atoms with van der Waals surface area (Å²) in [5.41, 5.74) is 2.22. The zero-order valence-electron chi connectivity index (χ0n) is 11.7. The number of halogens is 2. The van der Waals surface area contributed by atoms with Crippen molar-refractivity contribution in [3.05, 3.63) is 39.3 Å². The Kier molecular flexibility index (Phi) is 6.90. The maximum atomic E-state index is 5.77. The maximum Gasteiger partial charge on any atom is 0.127 e. The van der Waals surface area contributed by atoms with E-state index in [1.54, 1.807) is 0 Å². The number of hydrogen-bond acceptors (Lipinski definition) is 2. The van der Waals surface area contributed by atoms with E-state index in [1.807, 2.05) is 13.0 Å². The van der Waals surface area contributed by atoms with Crippen LogP contribution in [0, 0.1) is 12.8 Å². The lowest BCUT2D eigenvalue weighted by atomic mass is 10.1. The molecule has 1 aromatic rings. The minimum atomic E-state index is 0.335. The van der Waals surface area contributed by atoms with Gasteiger partial charge in [-0.1, -0.05) is 48.0 Å². The second-order valence-electron chi connectivity index (χ2n) is 5.04. The second kappa shape index (κ2) is 7.93. The predicted molar refractivity (Wildman–Crippen MR) is 85.9 cm³/mol. The highest BCUT2D eigenvalue weighted by Crippen LogP contribution is 2.28. The van der Waals surface area contributed by atoms with Gasteiger partial charge in [-0.05, 0) is 37.1 Å². The third kappa shape index (κ3) is 5.98. The number of hydrogen-bond donors (Lipinski definition) is 1. The zero-order valence-corrected chi connectivity index (χ0v) is 14.1. The molecule has 1 rings (SSSR count). The van der Waals surface area contributed by atoms with E-state index in [-0.39, 0.29) is 0 Å². The van der Waals surface area contributed by atoms with Gasteiger partial charge in [0.1, 0.15) is 12.4 Å². The molecule has 1 N–H and O–H groups in total. The van der Waals surface area contributed by atoms with Crippen LogP contribution in [0.25, 0.3) is 0 Å². The molecular formula is C15H21BrClNO. The van der Waals surface area contributed by atoms with E-state index < -0.39 is 0 Å². The first-order valence-corrected chi connectivity index (χ1v) is 7.53. The van der Waals surface area contributed by atoms with Gasteiger partial charge in [0.05, 0.1) is 0 Å². The molecule has 0 fully saturated rings. The molecule has 0 spiro atoms. The highest BCUT2D eigenvalue weighted by molar-refractivity contribution is 9.10. The smallest absolute Gasteiger partial charge is 0.127 e. The molecule has 0 aliphatic rings. The summed E-state index contributed by atoms with van der Waals surface area (Å²) in [6.07, 6.45) is 0. The molecule has 0 aliphatic carbocycles. The third-order valence-electron chi connectivity index (χ3n) is 2.56. The van der Waals surface area contributed by atoms with Crippen LogP contribution >= 0.6 is 27.5 Å². The Morgan fingerprint density at radius 1 is 1.47 bits per heavy atom. The van der Waals surface area contributed by atoms with Crippen molar-refractivity contribution in [2.45, 2.75) is 27.3 Å².